The van der Waals surface area contributed by atoms with E-state index in [4.69, 9.17) is 5.73 Å². The summed E-state index contributed by atoms with van der Waals surface area (Å²) < 4.78 is 0. The maximum absolute atomic E-state index is 12.6. The maximum atomic E-state index is 12.6. The Kier molecular flexibility index (Phi) is 9.12. The Morgan fingerprint density at radius 3 is 2.52 bits per heavy atom. The average molecular weight is 548 g/mol. The highest BCUT2D eigenvalue weighted by molar-refractivity contribution is 5.96. The smallest absolute Gasteiger partial charge is 0.280 e. The molecular weight excluding hydrogens is 518 g/mol. The number of aldehydes is 1. The highest BCUT2D eigenvalue weighted by Gasteiger charge is 2.16. The topological polar surface area (TPSA) is 214 Å². The van der Waals surface area contributed by atoms with Crippen LogP contribution in [0, 0.1) is 0 Å². The van der Waals surface area contributed by atoms with Crippen molar-refractivity contribution in [1.29, 1.82) is 0 Å². The highest BCUT2D eigenvalue weighted by atomic mass is 16.2. The number of nitrogen functional groups attached to an aromatic ring is 1. The predicted octanol–water partition coefficient (Wildman–Crippen LogP) is -0.0625. The van der Waals surface area contributed by atoms with Crippen molar-refractivity contribution >= 4 is 46.8 Å². The second kappa shape index (κ2) is 13.1. The van der Waals surface area contributed by atoms with Gasteiger partial charge in [-0.25, -0.2) is 9.97 Å². The number of nitrogens with one attached hydrogen (secondary N) is 5. The third-order valence-electron chi connectivity index (χ3n) is 6.10. The minimum Gasteiger partial charge on any atom is -0.379 e. The van der Waals surface area contributed by atoms with Gasteiger partial charge in [-0.1, -0.05) is 6.08 Å². The van der Waals surface area contributed by atoms with Crippen molar-refractivity contribution in [3.8, 4) is 0 Å². The van der Waals surface area contributed by atoms with Gasteiger partial charge in [0.25, 0.3) is 11.5 Å². The normalized spacial score (nSPS) is 12.9. The number of carbonyl (C=O) groups excluding carboxylic acids is 4. The van der Waals surface area contributed by atoms with Crippen molar-refractivity contribution in [1.82, 2.24) is 35.9 Å². The van der Waals surface area contributed by atoms with Crippen LogP contribution in [0.5, 0.6) is 0 Å². The van der Waals surface area contributed by atoms with Crippen LogP contribution in [-0.2, 0) is 20.9 Å². The zero-order chi connectivity index (χ0) is 28.5. The number of nitrogens with zero attached hydrogens (tertiary/aromatic N) is 3. The first kappa shape index (κ1) is 27.9. The molecule has 1 aromatic carbocycles. The van der Waals surface area contributed by atoms with Crippen LogP contribution in [-0.4, -0.2) is 63.1 Å². The van der Waals surface area contributed by atoms with E-state index in [-0.39, 0.29) is 54.9 Å². The highest BCUT2D eigenvalue weighted by Crippen LogP contribution is 2.17. The van der Waals surface area contributed by atoms with Gasteiger partial charge >= 0.3 is 0 Å². The predicted molar refractivity (Wildman–Crippen MR) is 146 cm³/mol. The lowest BCUT2D eigenvalue weighted by molar-refractivity contribution is -0.122. The Balaban J connectivity index is 1.19. The fraction of sp³-hybridized carbons (Fsp3) is 0.308. The van der Waals surface area contributed by atoms with E-state index in [0.29, 0.717) is 29.8 Å². The van der Waals surface area contributed by atoms with Gasteiger partial charge in [-0.15, -0.1) is 0 Å². The summed E-state index contributed by atoms with van der Waals surface area (Å²) in [4.78, 5) is 74.5. The first-order valence-electron chi connectivity index (χ1n) is 12.7. The van der Waals surface area contributed by atoms with Gasteiger partial charge in [0.2, 0.25) is 17.8 Å². The lowest BCUT2D eigenvalue weighted by atomic mass is 9.98. The lowest BCUT2D eigenvalue weighted by Crippen LogP contribution is -2.38. The molecule has 14 heteroatoms. The number of anilines is 2. The lowest BCUT2D eigenvalue weighted by Gasteiger charge is -2.15. The Labute approximate surface area is 228 Å². The molecule has 40 heavy (non-hydrogen) atoms. The summed E-state index contributed by atoms with van der Waals surface area (Å²) in [6, 6.07) is 5.71. The molecule has 14 nitrogen and oxygen atoms in total. The van der Waals surface area contributed by atoms with E-state index >= 15 is 0 Å². The van der Waals surface area contributed by atoms with Crippen LogP contribution in [0.4, 0.5) is 11.6 Å². The first-order chi connectivity index (χ1) is 19.3. The van der Waals surface area contributed by atoms with Crippen molar-refractivity contribution < 1.29 is 19.2 Å². The number of carbonyl (C=O) groups is 4. The van der Waals surface area contributed by atoms with Crippen molar-refractivity contribution in [2.75, 3.05) is 24.1 Å². The Morgan fingerprint density at radius 1 is 1.07 bits per heavy atom. The van der Waals surface area contributed by atoms with E-state index in [1.54, 1.807) is 24.3 Å². The number of aromatic nitrogens is 4. The number of fused-ring (bicyclic) bond motifs is 1. The van der Waals surface area contributed by atoms with Gasteiger partial charge in [0.15, 0.2) is 11.2 Å². The molecule has 1 atom stereocenters. The minimum absolute atomic E-state index is 0.0393. The molecule has 7 N–H and O–H groups in total. The second-order valence-corrected chi connectivity index (χ2v) is 9.04. The zero-order valence-electron chi connectivity index (χ0n) is 21.5. The van der Waals surface area contributed by atoms with Gasteiger partial charge in [-0.2, -0.15) is 4.98 Å². The number of aromatic amines is 1. The molecule has 2 aromatic heterocycles. The van der Waals surface area contributed by atoms with Gasteiger partial charge in [-0.3, -0.25) is 24.2 Å². The molecular formula is C26H29N9O5. The third-order valence-corrected chi connectivity index (χ3v) is 6.10. The molecule has 1 aliphatic carbocycles. The fourth-order valence-corrected chi connectivity index (χ4v) is 3.78. The fourth-order valence-electron chi connectivity index (χ4n) is 3.78. The van der Waals surface area contributed by atoms with Gasteiger partial charge in [0.05, 0.1) is 24.5 Å². The molecule has 1 aliphatic rings. The molecule has 0 spiro atoms. The van der Waals surface area contributed by atoms with Crippen LogP contribution in [0.1, 0.15) is 41.7 Å². The zero-order valence-corrected chi connectivity index (χ0v) is 21.5. The molecule has 0 radical (unpaired) electrons. The quantitative estimate of drug-likeness (QED) is 0.124. The van der Waals surface area contributed by atoms with Crippen LogP contribution >= 0.6 is 0 Å². The van der Waals surface area contributed by atoms with Crippen molar-refractivity contribution in [2.45, 2.75) is 38.3 Å². The summed E-state index contributed by atoms with van der Waals surface area (Å²) in [6.07, 6.45) is 5.81. The molecule has 208 valence electrons. The van der Waals surface area contributed by atoms with Crippen LogP contribution in [0.25, 0.3) is 11.2 Å². The summed E-state index contributed by atoms with van der Waals surface area (Å²) in [5.41, 5.74) is 7.54. The minimum atomic E-state index is -0.833. The van der Waals surface area contributed by atoms with Crippen LogP contribution in [0.15, 0.2) is 46.9 Å². The molecule has 0 saturated heterocycles. The molecule has 3 amide bonds. The van der Waals surface area contributed by atoms with E-state index in [2.05, 4.69) is 41.2 Å². The number of amides is 3. The van der Waals surface area contributed by atoms with Crippen LogP contribution in [0.2, 0.25) is 0 Å². The standard InChI is InChI=1S/C26H29N9O5/c27-26-34-22-21(25(40)35-26)32-19(13-31-22)12-30-17-6-4-16(5-7-17)24(39)33-18(14-36)8-9-20(37)28-10-11-29-23(38)15-2-1-3-15/h2,4-7,13-14,18,30H,1,3,8-12H2,(H,28,37)(H,29,38)(H,33,39)(H3,27,31,34,35,40). The number of hydrogen-bond acceptors (Lipinski definition) is 10. The van der Waals surface area contributed by atoms with Crippen molar-refractivity contribution in [3.63, 3.8) is 0 Å². The van der Waals surface area contributed by atoms with E-state index in [1.807, 2.05) is 6.08 Å². The van der Waals surface area contributed by atoms with Gasteiger partial charge in [0.1, 0.15) is 6.29 Å². The van der Waals surface area contributed by atoms with E-state index < -0.39 is 17.5 Å². The van der Waals surface area contributed by atoms with E-state index in [0.717, 1.165) is 18.4 Å². The Bertz CT molecular complexity index is 1500. The Morgan fingerprint density at radius 2 is 1.82 bits per heavy atom. The van der Waals surface area contributed by atoms with Crippen LogP contribution in [0.3, 0.4) is 0 Å². The SMILES string of the molecule is Nc1nc2ncc(CNc3ccc(C(=O)NC(C=O)CCC(=O)NCCNC(=O)C4=CCC4)cc3)nc2c(=O)[nH]1. The van der Waals surface area contributed by atoms with Gasteiger partial charge in [0, 0.05) is 36.3 Å². The second-order valence-electron chi connectivity index (χ2n) is 9.04. The largest absolute Gasteiger partial charge is 0.379 e. The molecule has 0 fully saturated rings. The number of allylic oxidation sites excluding steroid dienone is 1. The van der Waals surface area contributed by atoms with E-state index in [1.165, 1.54) is 6.20 Å². The number of benzene rings is 1. The molecule has 3 aromatic rings. The number of nitrogens with two attached hydrogens (primary N) is 1. The summed E-state index contributed by atoms with van der Waals surface area (Å²) in [5, 5.41) is 11.1. The average Bonchev–Trinajstić information content (AvgIpc) is 2.91. The number of hydrogen-bond donors (Lipinski definition) is 6. The molecule has 0 saturated carbocycles. The maximum Gasteiger partial charge on any atom is 0.280 e. The van der Waals surface area contributed by atoms with Crippen molar-refractivity contribution in [3.05, 3.63) is 63.7 Å². The van der Waals surface area contributed by atoms with Crippen molar-refractivity contribution in [2.24, 2.45) is 0 Å². The summed E-state index contributed by atoms with van der Waals surface area (Å²) in [6.45, 7) is 0.843. The third kappa shape index (κ3) is 7.46. The summed E-state index contributed by atoms with van der Waals surface area (Å²) in [7, 11) is 0. The summed E-state index contributed by atoms with van der Waals surface area (Å²) >= 11 is 0. The van der Waals surface area contributed by atoms with Crippen LogP contribution < -0.4 is 32.6 Å². The molecule has 1 unspecified atom stereocenters. The monoisotopic (exact) mass is 547 g/mol. The number of H-pyrrole nitrogens is 1. The summed E-state index contributed by atoms with van der Waals surface area (Å²) in [5.74, 6) is -0.894. The van der Waals surface area contributed by atoms with Gasteiger partial charge in [-0.05, 0) is 43.5 Å². The van der Waals surface area contributed by atoms with Gasteiger partial charge < -0.3 is 31.8 Å². The van der Waals surface area contributed by atoms with E-state index in [9.17, 15) is 24.0 Å². The molecule has 4 rings (SSSR count). The molecule has 0 bridgehead atoms. The molecule has 0 aliphatic heterocycles. The molecule has 2 heterocycles. The first-order valence-corrected chi connectivity index (χ1v) is 12.7. The Hall–Kier alpha value is -5.14. The number of rotatable bonds is 13.